The number of rotatable bonds is 3. The van der Waals surface area contributed by atoms with E-state index in [2.05, 4.69) is 0 Å². The van der Waals surface area contributed by atoms with Crippen LogP contribution in [0.5, 0.6) is 0 Å². The van der Waals surface area contributed by atoms with Gasteiger partial charge in [0.15, 0.2) is 0 Å². The van der Waals surface area contributed by atoms with Crippen LogP contribution in [-0.2, 0) is 0 Å². The van der Waals surface area contributed by atoms with Crippen LogP contribution in [0.1, 0.15) is 35.8 Å². The molecule has 14 heavy (non-hydrogen) atoms. The first-order valence-corrected chi connectivity index (χ1v) is 5.50. The van der Waals surface area contributed by atoms with Crippen LogP contribution in [0.4, 0.5) is 4.39 Å². The summed E-state index contributed by atoms with van der Waals surface area (Å²) in [5.74, 6) is 0.659. The van der Waals surface area contributed by atoms with E-state index < -0.39 is 0 Å². The maximum atomic E-state index is 13.0. The molecule has 0 nitrogen and oxygen atoms in total. The SMILES string of the molecule is Cc1cc(C(Cl)CC2CC2)ccc1F. The van der Waals surface area contributed by atoms with E-state index in [1.54, 1.807) is 13.0 Å². The van der Waals surface area contributed by atoms with Gasteiger partial charge < -0.3 is 0 Å². The summed E-state index contributed by atoms with van der Waals surface area (Å²) in [6.45, 7) is 1.78. The summed E-state index contributed by atoms with van der Waals surface area (Å²) in [5.41, 5.74) is 1.74. The minimum absolute atomic E-state index is 0.0572. The first-order chi connectivity index (χ1) is 6.66. The largest absolute Gasteiger partial charge is 0.207 e. The summed E-state index contributed by atoms with van der Waals surface area (Å²) in [7, 11) is 0. The molecule has 1 unspecified atom stereocenters. The molecule has 1 aliphatic rings. The van der Waals surface area contributed by atoms with Gasteiger partial charge in [0.1, 0.15) is 5.82 Å². The van der Waals surface area contributed by atoms with Gasteiger partial charge in [0.05, 0.1) is 5.38 Å². The lowest BCUT2D eigenvalue weighted by atomic mass is 10.0. The normalized spacial score (nSPS) is 18.2. The second kappa shape index (κ2) is 3.90. The van der Waals surface area contributed by atoms with Gasteiger partial charge in [0, 0.05) is 0 Å². The lowest BCUT2D eigenvalue weighted by Crippen LogP contribution is -1.94. The molecule has 0 saturated heterocycles. The van der Waals surface area contributed by atoms with Crippen molar-refractivity contribution in [1.29, 1.82) is 0 Å². The van der Waals surface area contributed by atoms with E-state index in [1.807, 2.05) is 6.07 Å². The van der Waals surface area contributed by atoms with Gasteiger partial charge in [-0.1, -0.05) is 25.0 Å². The zero-order valence-corrected chi connectivity index (χ0v) is 9.02. The summed E-state index contributed by atoms with van der Waals surface area (Å²) >= 11 is 6.24. The molecule has 2 rings (SSSR count). The molecule has 0 bridgehead atoms. The van der Waals surface area contributed by atoms with Crippen molar-refractivity contribution in [3.8, 4) is 0 Å². The van der Waals surface area contributed by atoms with Gasteiger partial charge in [-0.3, -0.25) is 0 Å². The van der Waals surface area contributed by atoms with Crippen molar-refractivity contribution in [2.45, 2.75) is 31.6 Å². The third-order valence-electron chi connectivity index (χ3n) is 2.78. The average Bonchev–Trinajstić information content (AvgIpc) is 2.93. The summed E-state index contributed by atoms with van der Waals surface area (Å²) in [5, 5.41) is 0.0572. The van der Waals surface area contributed by atoms with E-state index >= 15 is 0 Å². The van der Waals surface area contributed by atoms with Crippen molar-refractivity contribution in [2.24, 2.45) is 5.92 Å². The van der Waals surface area contributed by atoms with Crippen molar-refractivity contribution in [2.75, 3.05) is 0 Å². The van der Waals surface area contributed by atoms with E-state index in [1.165, 1.54) is 18.9 Å². The predicted octanol–water partition coefficient (Wildman–Crippen LogP) is 4.21. The van der Waals surface area contributed by atoms with Crippen LogP contribution in [0.15, 0.2) is 18.2 Å². The van der Waals surface area contributed by atoms with Gasteiger partial charge in [0.25, 0.3) is 0 Å². The fourth-order valence-corrected chi connectivity index (χ4v) is 2.03. The fourth-order valence-electron chi connectivity index (χ4n) is 1.65. The Morgan fingerprint density at radius 2 is 2.21 bits per heavy atom. The highest BCUT2D eigenvalue weighted by atomic mass is 35.5. The molecular formula is C12H14ClF. The molecule has 0 aromatic heterocycles. The maximum Gasteiger partial charge on any atom is 0.126 e. The Morgan fingerprint density at radius 1 is 1.50 bits per heavy atom. The van der Waals surface area contributed by atoms with Gasteiger partial charge in [-0.15, -0.1) is 11.6 Å². The number of aryl methyl sites for hydroxylation is 1. The highest BCUT2D eigenvalue weighted by Gasteiger charge is 2.25. The second-order valence-electron chi connectivity index (χ2n) is 4.16. The first kappa shape index (κ1) is 9.97. The maximum absolute atomic E-state index is 13.0. The quantitative estimate of drug-likeness (QED) is 0.659. The van der Waals surface area contributed by atoms with Crippen LogP contribution in [0.3, 0.4) is 0 Å². The topological polar surface area (TPSA) is 0 Å². The van der Waals surface area contributed by atoms with E-state index in [-0.39, 0.29) is 11.2 Å². The zero-order valence-electron chi connectivity index (χ0n) is 8.26. The Bertz CT molecular complexity index is 331. The van der Waals surface area contributed by atoms with Crippen LogP contribution in [0.25, 0.3) is 0 Å². The Hall–Kier alpha value is -0.560. The molecule has 1 aromatic carbocycles. The molecule has 1 aliphatic carbocycles. The molecule has 0 amide bonds. The van der Waals surface area contributed by atoms with Gasteiger partial charge in [-0.2, -0.15) is 0 Å². The molecule has 2 heteroatoms. The highest BCUT2D eigenvalue weighted by molar-refractivity contribution is 6.20. The molecule has 76 valence electrons. The highest BCUT2D eigenvalue weighted by Crippen LogP contribution is 2.40. The zero-order chi connectivity index (χ0) is 10.1. The summed E-state index contributed by atoms with van der Waals surface area (Å²) < 4.78 is 13.0. The fraction of sp³-hybridized carbons (Fsp3) is 0.500. The van der Waals surface area contributed by atoms with Crippen molar-refractivity contribution >= 4 is 11.6 Å². The molecular weight excluding hydrogens is 199 g/mol. The van der Waals surface area contributed by atoms with Crippen LogP contribution < -0.4 is 0 Å². The lowest BCUT2D eigenvalue weighted by molar-refractivity contribution is 0.616. The van der Waals surface area contributed by atoms with Gasteiger partial charge in [0.2, 0.25) is 0 Å². The number of benzene rings is 1. The monoisotopic (exact) mass is 212 g/mol. The Kier molecular flexibility index (Phi) is 2.78. The van der Waals surface area contributed by atoms with Crippen LogP contribution in [0, 0.1) is 18.7 Å². The summed E-state index contributed by atoms with van der Waals surface area (Å²) in [4.78, 5) is 0. The van der Waals surface area contributed by atoms with Crippen molar-refractivity contribution in [1.82, 2.24) is 0 Å². The van der Waals surface area contributed by atoms with E-state index in [0.717, 1.165) is 17.9 Å². The molecule has 1 atom stereocenters. The van der Waals surface area contributed by atoms with Crippen LogP contribution in [0.2, 0.25) is 0 Å². The lowest BCUT2D eigenvalue weighted by Gasteiger charge is -2.09. The van der Waals surface area contributed by atoms with Gasteiger partial charge in [-0.05, 0) is 36.5 Å². The van der Waals surface area contributed by atoms with Crippen molar-refractivity contribution in [3.63, 3.8) is 0 Å². The molecule has 0 radical (unpaired) electrons. The Labute approximate surface area is 89.1 Å². The summed E-state index contributed by atoms with van der Waals surface area (Å²) in [6.07, 6.45) is 3.65. The third kappa shape index (κ3) is 2.27. The van der Waals surface area contributed by atoms with E-state index in [9.17, 15) is 4.39 Å². The molecule has 0 spiro atoms. The Morgan fingerprint density at radius 3 is 2.79 bits per heavy atom. The molecule has 1 aromatic rings. The molecule has 0 N–H and O–H groups in total. The number of halogens is 2. The summed E-state index contributed by atoms with van der Waals surface area (Å²) in [6, 6.07) is 5.16. The smallest absolute Gasteiger partial charge is 0.126 e. The predicted molar refractivity (Wildman–Crippen MR) is 57.1 cm³/mol. The third-order valence-corrected chi connectivity index (χ3v) is 3.21. The molecule has 1 fully saturated rings. The van der Waals surface area contributed by atoms with Crippen LogP contribution >= 0.6 is 11.6 Å². The molecule has 0 heterocycles. The van der Waals surface area contributed by atoms with Gasteiger partial charge >= 0.3 is 0 Å². The Balaban J connectivity index is 2.10. The minimum Gasteiger partial charge on any atom is -0.207 e. The standard InChI is InChI=1S/C12H14ClF/c1-8-6-10(4-5-12(8)14)11(13)7-9-2-3-9/h4-6,9,11H,2-3,7H2,1H3. The number of hydrogen-bond acceptors (Lipinski definition) is 0. The van der Waals surface area contributed by atoms with Crippen LogP contribution in [-0.4, -0.2) is 0 Å². The number of hydrogen-bond donors (Lipinski definition) is 0. The average molecular weight is 213 g/mol. The second-order valence-corrected chi connectivity index (χ2v) is 4.68. The molecule has 1 saturated carbocycles. The minimum atomic E-state index is -0.149. The molecule has 0 aliphatic heterocycles. The number of alkyl halides is 1. The first-order valence-electron chi connectivity index (χ1n) is 5.07. The van der Waals surface area contributed by atoms with Crippen molar-refractivity contribution < 1.29 is 4.39 Å². The van der Waals surface area contributed by atoms with E-state index in [0.29, 0.717) is 5.56 Å². The van der Waals surface area contributed by atoms with Crippen molar-refractivity contribution in [3.05, 3.63) is 35.1 Å². The van der Waals surface area contributed by atoms with Gasteiger partial charge in [-0.25, -0.2) is 4.39 Å². The van der Waals surface area contributed by atoms with E-state index in [4.69, 9.17) is 11.6 Å².